The van der Waals surface area contributed by atoms with Crippen molar-refractivity contribution in [2.24, 2.45) is 5.92 Å². The Kier molecular flexibility index (Phi) is 7.71. The van der Waals surface area contributed by atoms with Gasteiger partial charge in [-0.2, -0.15) is 0 Å². The predicted molar refractivity (Wildman–Crippen MR) is 114 cm³/mol. The van der Waals surface area contributed by atoms with E-state index in [0.717, 1.165) is 64.8 Å². The highest BCUT2D eigenvalue weighted by molar-refractivity contribution is 7.22. The SMILES string of the molecule is CCN(CC)CCN(C(=O)C1CCC1)c1nc2c(C)c(Cl)ccc2s1.Cl. The first-order valence-electron chi connectivity index (χ1n) is 9.14. The van der Waals surface area contributed by atoms with Crippen molar-refractivity contribution < 1.29 is 4.79 Å². The molecule has 0 saturated heterocycles. The molecule has 3 rings (SSSR count). The second kappa shape index (κ2) is 9.36. The number of aryl methyl sites for hydroxylation is 1. The number of likely N-dealkylation sites (N-methyl/N-ethyl adjacent to an activating group) is 1. The van der Waals surface area contributed by atoms with Crippen molar-refractivity contribution in [3.05, 3.63) is 22.7 Å². The largest absolute Gasteiger partial charge is 0.302 e. The molecule has 0 atom stereocenters. The zero-order valence-electron chi connectivity index (χ0n) is 15.6. The van der Waals surface area contributed by atoms with E-state index in [1.54, 1.807) is 11.3 Å². The molecule has 1 aromatic heterocycles. The number of anilines is 1. The monoisotopic (exact) mass is 415 g/mol. The number of fused-ring (bicyclic) bond motifs is 1. The van der Waals surface area contributed by atoms with Gasteiger partial charge in [0.15, 0.2) is 5.13 Å². The van der Waals surface area contributed by atoms with Gasteiger partial charge in [-0.15, -0.1) is 12.4 Å². The van der Waals surface area contributed by atoms with Crippen LogP contribution in [-0.2, 0) is 4.79 Å². The summed E-state index contributed by atoms with van der Waals surface area (Å²) in [5.74, 6) is 0.412. The Labute approximate surface area is 170 Å². The van der Waals surface area contributed by atoms with Crippen molar-refractivity contribution in [3.63, 3.8) is 0 Å². The highest BCUT2D eigenvalue weighted by Crippen LogP contribution is 2.36. The summed E-state index contributed by atoms with van der Waals surface area (Å²) in [6, 6.07) is 3.91. The van der Waals surface area contributed by atoms with Gasteiger partial charge < -0.3 is 4.90 Å². The Morgan fingerprint density at radius 1 is 1.27 bits per heavy atom. The van der Waals surface area contributed by atoms with Crippen molar-refractivity contribution in [3.8, 4) is 0 Å². The van der Waals surface area contributed by atoms with Crippen molar-refractivity contribution in [1.29, 1.82) is 0 Å². The molecule has 1 amide bonds. The van der Waals surface area contributed by atoms with Gasteiger partial charge in [0.2, 0.25) is 5.91 Å². The second-order valence-electron chi connectivity index (χ2n) is 6.66. The maximum Gasteiger partial charge on any atom is 0.231 e. The Bertz CT molecular complexity index is 757. The van der Waals surface area contributed by atoms with Crippen LogP contribution in [0.3, 0.4) is 0 Å². The van der Waals surface area contributed by atoms with Gasteiger partial charge in [0.1, 0.15) is 0 Å². The maximum absolute atomic E-state index is 13.0. The number of hydrogen-bond acceptors (Lipinski definition) is 4. The van der Waals surface area contributed by atoms with E-state index < -0.39 is 0 Å². The molecule has 7 heteroatoms. The Morgan fingerprint density at radius 2 is 1.96 bits per heavy atom. The molecule has 0 unspecified atom stereocenters. The smallest absolute Gasteiger partial charge is 0.231 e. The van der Waals surface area contributed by atoms with E-state index in [4.69, 9.17) is 16.6 Å². The molecule has 1 heterocycles. The van der Waals surface area contributed by atoms with Crippen LogP contribution in [0, 0.1) is 12.8 Å². The molecular formula is C19H27Cl2N3OS. The van der Waals surface area contributed by atoms with Crippen LogP contribution in [0.15, 0.2) is 12.1 Å². The van der Waals surface area contributed by atoms with E-state index in [1.165, 1.54) is 0 Å². The number of carbonyl (C=O) groups excluding carboxylic acids is 1. The van der Waals surface area contributed by atoms with Gasteiger partial charge in [0.25, 0.3) is 0 Å². The lowest BCUT2D eigenvalue weighted by molar-refractivity contribution is -0.124. The van der Waals surface area contributed by atoms with Crippen LogP contribution in [0.5, 0.6) is 0 Å². The first-order valence-corrected chi connectivity index (χ1v) is 10.3. The van der Waals surface area contributed by atoms with E-state index in [2.05, 4.69) is 18.7 Å². The third-order valence-electron chi connectivity index (χ3n) is 5.22. The molecule has 0 aliphatic heterocycles. The van der Waals surface area contributed by atoms with Crippen molar-refractivity contribution in [1.82, 2.24) is 9.88 Å². The van der Waals surface area contributed by atoms with Crippen molar-refractivity contribution in [2.75, 3.05) is 31.1 Å². The van der Waals surface area contributed by atoms with E-state index >= 15 is 0 Å². The van der Waals surface area contributed by atoms with Crippen LogP contribution >= 0.6 is 35.3 Å². The minimum Gasteiger partial charge on any atom is -0.302 e. The van der Waals surface area contributed by atoms with Gasteiger partial charge in [-0.3, -0.25) is 9.69 Å². The molecule has 1 saturated carbocycles. The summed E-state index contributed by atoms with van der Waals surface area (Å²) in [6.07, 6.45) is 3.18. The average Bonchev–Trinajstić information content (AvgIpc) is 2.98. The highest BCUT2D eigenvalue weighted by atomic mass is 35.5. The summed E-state index contributed by atoms with van der Waals surface area (Å²) in [5, 5.41) is 1.54. The molecule has 26 heavy (non-hydrogen) atoms. The van der Waals surface area contributed by atoms with Crippen molar-refractivity contribution in [2.45, 2.75) is 40.0 Å². The zero-order chi connectivity index (χ0) is 18.0. The van der Waals surface area contributed by atoms with Crippen LogP contribution in [0.1, 0.15) is 38.7 Å². The summed E-state index contributed by atoms with van der Waals surface area (Å²) in [7, 11) is 0. The lowest BCUT2D eigenvalue weighted by Crippen LogP contribution is -2.43. The molecule has 4 nitrogen and oxygen atoms in total. The Morgan fingerprint density at radius 3 is 2.54 bits per heavy atom. The molecule has 144 valence electrons. The molecule has 2 aromatic rings. The lowest BCUT2D eigenvalue weighted by Gasteiger charge is -2.31. The van der Waals surface area contributed by atoms with Crippen LogP contribution in [0.4, 0.5) is 5.13 Å². The van der Waals surface area contributed by atoms with E-state index in [9.17, 15) is 4.79 Å². The molecule has 0 N–H and O–H groups in total. The van der Waals surface area contributed by atoms with Crippen molar-refractivity contribution >= 4 is 56.6 Å². The third-order valence-corrected chi connectivity index (χ3v) is 6.68. The van der Waals surface area contributed by atoms with Gasteiger partial charge in [0, 0.05) is 24.0 Å². The van der Waals surface area contributed by atoms with Gasteiger partial charge in [-0.25, -0.2) is 4.98 Å². The van der Waals surface area contributed by atoms with Crippen LogP contribution in [0.25, 0.3) is 10.2 Å². The van der Waals surface area contributed by atoms with Crippen LogP contribution < -0.4 is 4.90 Å². The molecule has 1 aliphatic carbocycles. The number of benzene rings is 1. The number of rotatable bonds is 7. The molecular weight excluding hydrogens is 389 g/mol. The zero-order valence-corrected chi connectivity index (χ0v) is 18.0. The average molecular weight is 416 g/mol. The first-order chi connectivity index (χ1) is 12.0. The Balaban J connectivity index is 0.00000243. The molecule has 0 spiro atoms. The summed E-state index contributed by atoms with van der Waals surface area (Å²) >= 11 is 7.83. The number of thiazole rings is 1. The lowest BCUT2D eigenvalue weighted by atomic mass is 9.84. The summed E-state index contributed by atoms with van der Waals surface area (Å²) in [6.45, 7) is 9.87. The molecule has 1 aliphatic rings. The highest BCUT2D eigenvalue weighted by Gasteiger charge is 2.31. The molecule has 0 bridgehead atoms. The molecule has 1 aromatic carbocycles. The number of aromatic nitrogens is 1. The minimum absolute atomic E-state index is 0. The summed E-state index contributed by atoms with van der Waals surface area (Å²) in [5.41, 5.74) is 1.91. The van der Waals surface area contributed by atoms with Gasteiger partial charge in [-0.05, 0) is 50.6 Å². The number of amides is 1. The third kappa shape index (κ3) is 4.33. The second-order valence-corrected chi connectivity index (χ2v) is 8.08. The number of carbonyl (C=O) groups is 1. The number of hydrogen-bond donors (Lipinski definition) is 0. The molecule has 1 fully saturated rings. The van der Waals surface area contributed by atoms with E-state index in [1.807, 2.05) is 24.0 Å². The fraction of sp³-hybridized carbons (Fsp3) is 0.579. The Hall–Kier alpha value is -0.880. The minimum atomic E-state index is 0. The fourth-order valence-electron chi connectivity index (χ4n) is 3.16. The summed E-state index contributed by atoms with van der Waals surface area (Å²) in [4.78, 5) is 22.0. The van der Waals surface area contributed by atoms with Crippen LogP contribution in [0.2, 0.25) is 5.02 Å². The van der Waals surface area contributed by atoms with Crippen LogP contribution in [-0.4, -0.2) is 42.0 Å². The fourth-order valence-corrected chi connectivity index (χ4v) is 4.37. The summed E-state index contributed by atoms with van der Waals surface area (Å²) < 4.78 is 1.09. The predicted octanol–water partition coefficient (Wildman–Crippen LogP) is 5.15. The van der Waals surface area contributed by atoms with Gasteiger partial charge in [0.05, 0.1) is 10.2 Å². The topological polar surface area (TPSA) is 36.4 Å². The van der Waals surface area contributed by atoms with E-state index in [0.29, 0.717) is 6.54 Å². The maximum atomic E-state index is 13.0. The molecule has 0 radical (unpaired) electrons. The van der Waals surface area contributed by atoms with E-state index in [-0.39, 0.29) is 24.2 Å². The number of halogens is 2. The first kappa shape index (κ1) is 21.4. The standard InChI is InChI=1S/C19H26ClN3OS.ClH/c1-4-22(5-2)11-12-23(18(24)14-7-6-8-14)19-21-17-13(3)15(20)9-10-16(17)25-19;/h9-10,14H,4-8,11-12H2,1-3H3;1H. The van der Waals surface area contributed by atoms with Gasteiger partial charge >= 0.3 is 0 Å². The number of nitrogens with zero attached hydrogens (tertiary/aromatic N) is 3. The normalized spacial score (nSPS) is 14.3. The quantitative estimate of drug-likeness (QED) is 0.626. The van der Waals surface area contributed by atoms with Gasteiger partial charge in [-0.1, -0.05) is 43.2 Å².